The summed E-state index contributed by atoms with van der Waals surface area (Å²) >= 11 is 1.47. The predicted molar refractivity (Wildman–Crippen MR) is 152 cm³/mol. The Morgan fingerprint density at radius 2 is 1.57 bits per heavy atom. The lowest BCUT2D eigenvalue weighted by atomic mass is 9.52. The molecule has 0 aromatic heterocycles. The summed E-state index contributed by atoms with van der Waals surface area (Å²) in [6.07, 6.45) is 7.56. The number of aromatic hydroxyl groups is 1. The summed E-state index contributed by atoms with van der Waals surface area (Å²) in [5, 5.41) is 21.0. The fraction of sp³-hybridized carbons (Fsp3) is 0.812. The van der Waals surface area contributed by atoms with Gasteiger partial charge in [-0.05, 0) is 115 Å². The Balaban J connectivity index is 1.13. The second-order valence-corrected chi connectivity index (χ2v) is 14.2. The standard InChI is InChI=1S/C32H47F5O2S/c1-30-17-15-26-25-12-11-24(38)21-23(25)20-22(29(26)27(30)13-14-28(30)39)10-7-5-3-2-4-6-8-18-40-19-9-16-31(33,34)32(35,36)37/h11-12,21-22,26-29,38-39H,2-10,13-20H2,1H3/t22-,26?,27?,28?,29?,30?/m1/s1. The molecule has 0 bridgehead atoms. The van der Waals surface area contributed by atoms with E-state index in [1.54, 1.807) is 0 Å². The lowest BCUT2D eigenvalue weighted by Gasteiger charge is -2.53. The monoisotopic (exact) mass is 590 g/mol. The molecule has 8 heteroatoms. The fourth-order valence-corrected chi connectivity index (χ4v) is 9.13. The SMILES string of the molecule is CC12CCC3c4ccc(O)cc4C[C@@H](CCCCCCCCCSCCCC(F)(F)C(F)(F)F)C3C1CCC2O. The van der Waals surface area contributed by atoms with Crippen LogP contribution in [0.15, 0.2) is 18.2 Å². The number of alkyl halides is 5. The average Bonchev–Trinajstić information content (AvgIpc) is 3.19. The van der Waals surface area contributed by atoms with Crippen LogP contribution in [0.2, 0.25) is 0 Å². The van der Waals surface area contributed by atoms with E-state index in [-0.39, 0.29) is 17.9 Å². The van der Waals surface area contributed by atoms with Crippen molar-refractivity contribution in [3.05, 3.63) is 29.3 Å². The van der Waals surface area contributed by atoms with Crippen molar-refractivity contribution in [2.45, 2.75) is 127 Å². The van der Waals surface area contributed by atoms with Gasteiger partial charge < -0.3 is 10.2 Å². The van der Waals surface area contributed by atoms with Gasteiger partial charge in [-0.15, -0.1) is 0 Å². The maximum absolute atomic E-state index is 12.9. The quantitative estimate of drug-likeness (QED) is 0.167. The number of fused-ring (bicyclic) bond motifs is 5. The number of halogens is 5. The second kappa shape index (κ2) is 13.5. The Morgan fingerprint density at radius 3 is 2.30 bits per heavy atom. The first-order valence-corrected chi connectivity index (χ1v) is 16.6. The lowest BCUT2D eigenvalue weighted by Crippen LogP contribution is -2.47. The van der Waals surface area contributed by atoms with Crippen molar-refractivity contribution in [3.63, 3.8) is 0 Å². The molecule has 5 unspecified atom stereocenters. The molecule has 228 valence electrons. The molecule has 3 aliphatic rings. The number of hydrogen-bond acceptors (Lipinski definition) is 3. The molecule has 0 amide bonds. The largest absolute Gasteiger partial charge is 0.508 e. The Kier molecular flexibility index (Phi) is 10.8. The van der Waals surface area contributed by atoms with Crippen LogP contribution in [0.25, 0.3) is 0 Å². The molecule has 2 N–H and O–H groups in total. The van der Waals surface area contributed by atoms with Crippen molar-refractivity contribution in [3.8, 4) is 5.75 Å². The van der Waals surface area contributed by atoms with Gasteiger partial charge in [0.15, 0.2) is 0 Å². The summed E-state index contributed by atoms with van der Waals surface area (Å²) < 4.78 is 62.4. The molecule has 0 saturated heterocycles. The molecule has 1 aromatic carbocycles. The summed E-state index contributed by atoms with van der Waals surface area (Å²) in [5.41, 5.74) is 2.79. The van der Waals surface area contributed by atoms with Gasteiger partial charge in [0, 0.05) is 6.42 Å². The van der Waals surface area contributed by atoms with Crippen LogP contribution in [-0.4, -0.2) is 39.9 Å². The van der Waals surface area contributed by atoms with Gasteiger partial charge in [0.05, 0.1) is 6.10 Å². The molecule has 1 aromatic rings. The zero-order chi connectivity index (χ0) is 29.0. The van der Waals surface area contributed by atoms with Crippen molar-refractivity contribution < 1.29 is 32.2 Å². The third-order valence-corrected chi connectivity index (χ3v) is 11.5. The summed E-state index contributed by atoms with van der Waals surface area (Å²) in [4.78, 5) is 0. The van der Waals surface area contributed by atoms with Gasteiger partial charge in [-0.25, -0.2) is 0 Å². The summed E-state index contributed by atoms with van der Waals surface area (Å²) in [5.74, 6) is -0.730. The maximum atomic E-state index is 12.9. The topological polar surface area (TPSA) is 40.5 Å². The molecule has 40 heavy (non-hydrogen) atoms. The van der Waals surface area contributed by atoms with Gasteiger partial charge in [0.25, 0.3) is 0 Å². The average molecular weight is 591 g/mol. The minimum Gasteiger partial charge on any atom is -0.508 e. The van der Waals surface area contributed by atoms with Crippen LogP contribution in [0.5, 0.6) is 5.75 Å². The van der Waals surface area contributed by atoms with E-state index in [1.807, 2.05) is 12.1 Å². The van der Waals surface area contributed by atoms with E-state index in [4.69, 9.17) is 0 Å². The van der Waals surface area contributed by atoms with E-state index in [0.717, 1.165) is 57.1 Å². The highest BCUT2D eigenvalue weighted by atomic mass is 32.2. The third-order valence-electron chi connectivity index (χ3n) is 10.4. The van der Waals surface area contributed by atoms with Gasteiger partial charge in [-0.1, -0.05) is 51.5 Å². The van der Waals surface area contributed by atoms with Crippen molar-refractivity contribution in [2.24, 2.45) is 23.2 Å². The minimum atomic E-state index is -5.44. The predicted octanol–water partition coefficient (Wildman–Crippen LogP) is 9.67. The third kappa shape index (κ3) is 7.30. The Hall–Kier alpha value is -1.02. The van der Waals surface area contributed by atoms with E-state index in [0.29, 0.717) is 35.2 Å². The van der Waals surface area contributed by atoms with Gasteiger partial charge in [-0.3, -0.25) is 0 Å². The number of unbranched alkanes of at least 4 members (excludes halogenated alkanes) is 6. The van der Waals surface area contributed by atoms with Crippen LogP contribution in [0.4, 0.5) is 22.0 Å². The van der Waals surface area contributed by atoms with E-state index in [1.165, 1.54) is 55.0 Å². The molecule has 2 saturated carbocycles. The first kappa shape index (κ1) is 31.9. The molecular weight excluding hydrogens is 543 g/mol. The molecule has 0 radical (unpaired) electrons. The summed E-state index contributed by atoms with van der Waals surface area (Å²) in [7, 11) is 0. The lowest BCUT2D eigenvalue weighted by molar-refractivity contribution is -0.284. The summed E-state index contributed by atoms with van der Waals surface area (Å²) in [6.45, 7) is 2.32. The Labute approximate surface area is 240 Å². The normalized spacial score (nSPS) is 30.1. The van der Waals surface area contributed by atoms with Crippen molar-refractivity contribution >= 4 is 11.8 Å². The van der Waals surface area contributed by atoms with Crippen molar-refractivity contribution in [1.82, 2.24) is 0 Å². The van der Waals surface area contributed by atoms with Crippen molar-refractivity contribution in [2.75, 3.05) is 11.5 Å². The zero-order valence-corrected chi connectivity index (χ0v) is 24.6. The second-order valence-electron chi connectivity index (χ2n) is 13.0. The number of phenols is 1. The number of aliphatic hydroxyl groups excluding tert-OH is 1. The number of hydrogen-bond donors (Lipinski definition) is 2. The number of rotatable bonds is 14. The molecule has 3 aliphatic carbocycles. The van der Waals surface area contributed by atoms with E-state index >= 15 is 0 Å². The smallest absolute Gasteiger partial charge is 0.453 e. The van der Waals surface area contributed by atoms with Crippen LogP contribution in [0.1, 0.15) is 114 Å². The number of benzene rings is 1. The summed E-state index contributed by atoms with van der Waals surface area (Å²) in [6, 6.07) is 5.97. The highest BCUT2D eigenvalue weighted by molar-refractivity contribution is 7.99. The van der Waals surface area contributed by atoms with E-state index < -0.39 is 18.5 Å². The van der Waals surface area contributed by atoms with Crippen LogP contribution in [-0.2, 0) is 6.42 Å². The van der Waals surface area contributed by atoms with E-state index in [9.17, 15) is 32.2 Å². The molecule has 2 nitrogen and oxygen atoms in total. The number of aliphatic hydroxyl groups is 1. The van der Waals surface area contributed by atoms with Gasteiger partial charge in [0.1, 0.15) is 5.75 Å². The molecule has 0 heterocycles. The fourth-order valence-electron chi connectivity index (χ4n) is 8.17. The molecule has 4 rings (SSSR count). The highest BCUT2D eigenvalue weighted by Crippen LogP contribution is 2.62. The van der Waals surface area contributed by atoms with Crippen molar-refractivity contribution in [1.29, 1.82) is 0 Å². The van der Waals surface area contributed by atoms with Gasteiger partial charge in [0.2, 0.25) is 0 Å². The van der Waals surface area contributed by atoms with Crippen LogP contribution in [0.3, 0.4) is 0 Å². The molecule has 6 atom stereocenters. The Bertz CT molecular complexity index is 954. The zero-order valence-electron chi connectivity index (χ0n) is 23.8. The Morgan fingerprint density at radius 1 is 0.900 bits per heavy atom. The minimum absolute atomic E-state index is 0.0419. The van der Waals surface area contributed by atoms with Crippen LogP contribution < -0.4 is 0 Å². The molecule has 2 fully saturated rings. The number of thioether (sulfide) groups is 1. The molecule has 0 spiro atoms. The van der Waals surface area contributed by atoms with Gasteiger partial charge in [-0.2, -0.15) is 33.7 Å². The van der Waals surface area contributed by atoms with E-state index in [2.05, 4.69) is 13.0 Å². The van der Waals surface area contributed by atoms with Crippen LogP contribution in [0, 0.1) is 23.2 Å². The first-order chi connectivity index (χ1) is 18.9. The molecule has 0 aliphatic heterocycles. The molecular formula is C32H47F5O2S. The highest BCUT2D eigenvalue weighted by Gasteiger charge is 2.57. The first-order valence-electron chi connectivity index (χ1n) is 15.5. The van der Waals surface area contributed by atoms with Gasteiger partial charge >= 0.3 is 12.1 Å². The maximum Gasteiger partial charge on any atom is 0.453 e. The number of phenolic OH excluding ortho intramolecular Hbond substituents is 1. The van der Waals surface area contributed by atoms with Crippen LogP contribution >= 0.6 is 11.8 Å².